The molecule has 0 aliphatic carbocycles. The highest BCUT2D eigenvalue weighted by Gasteiger charge is 2.37. The lowest BCUT2D eigenvalue weighted by atomic mass is 10.1. The van der Waals surface area contributed by atoms with Gasteiger partial charge in [-0.3, -0.25) is 0 Å². The fourth-order valence-corrected chi connectivity index (χ4v) is 2.50. The third-order valence-electron chi connectivity index (χ3n) is 4.04. The van der Waals surface area contributed by atoms with Crippen molar-refractivity contribution in [3.8, 4) is 0 Å². The number of halogens is 3. The summed E-state index contributed by atoms with van der Waals surface area (Å²) in [6.45, 7) is 3.86. The summed E-state index contributed by atoms with van der Waals surface area (Å²) in [5.41, 5.74) is 0. The van der Waals surface area contributed by atoms with E-state index in [1.165, 1.54) is 32.1 Å². The summed E-state index contributed by atoms with van der Waals surface area (Å²) in [5, 5.41) is 8.85. The van der Waals surface area contributed by atoms with Gasteiger partial charge in [-0.1, -0.05) is 71.1 Å². The van der Waals surface area contributed by atoms with Crippen LogP contribution in [0.3, 0.4) is 0 Å². The minimum absolute atomic E-state index is 0.176. The van der Waals surface area contributed by atoms with Gasteiger partial charge in [-0.2, -0.15) is 13.2 Å². The van der Waals surface area contributed by atoms with Crippen LogP contribution in [0.15, 0.2) is 0 Å². The van der Waals surface area contributed by atoms with Gasteiger partial charge in [0.2, 0.25) is 0 Å². The summed E-state index contributed by atoms with van der Waals surface area (Å²) in [4.78, 5) is 0. The molecule has 0 bridgehead atoms. The summed E-state index contributed by atoms with van der Waals surface area (Å²) in [6, 6.07) is 0. The molecule has 1 N–H and O–H groups in total. The molecule has 1 unspecified atom stereocenters. The van der Waals surface area contributed by atoms with E-state index in [4.69, 9.17) is 9.84 Å². The molecule has 0 radical (unpaired) electrons. The minimum Gasteiger partial charge on any atom is -0.384 e. The quantitative estimate of drug-likeness (QED) is 0.348. The Kier molecular flexibility index (Phi) is 15.1. The monoisotopic (exact) mass is 340 g/mol. The number of hydrogen-bond acceptors (Lipinski definition) is 2. The van der Waals surface area contributed by atoms with E-state index in [1.54, 1.807) is 0 Å². The van der Waals surface area contributed by atoms with Crippen LogP contribution in [0.1, 0.15) is 90.4 Å². The van der Waals surface area contributed by atoms with Crippen LogP contribution in [-0.2, 0) is 4.74 Å². The summed E-state index contributed by atoms with van der Waals surface area (Å²) in [5.74, 6) is 0. The highest BCUT2D eigenvalue weighted by atomic mass is 19.4. The number of aliphatic hydroxyl groups excluding tert-OH is 1. The van der Waals surface area contributed by atoms with Crippen LogP contribution in [0.5, 0.6) is 0 Å². The summed E-state index contributed by atoms with van der Waals surface area (Å²) in [6.07, 6.45) is 6.10. The first-order valence-electron chi connectivity index (χ1n) is 9.31. The topological polar surface area (TPSA) is 29.5 Å². The SMILES string of the molecule is CCCCCCCCOCCCCCCCCC(O)C(F)(F)F. The Morgan fingerprint density at radius 1 is 0.739 bits per heavy atom. The molecule has 0 fully saturated rings. The van der Waals surface area contributed by atoms with Gasteiger partial charge in [0.15, 0.2) is 0 Å². The number of alkyl halides is 3. The van der Waals surface area contributed by atoms with Crippen LogP contribution in [0.25, 0.3) is 0 Å². The van der Waals surface area contributed by atoms with Gasteiger partial charge < -0.3 is 9.84 Å². The summed E-state index contributed by atoms with van der Waals surface area (Å²) >= 11 is 0. The zero-order chi connectivity index (χ0) is 17.4. The van der Waals surface area contributed by atoms with Crippen LogP contribution in [0.2, 0.25) is 0 Å². The molecule has 0 aromatic heterocycles. The molecule has 0 aliphatic rings. The van der Waals surface area contributed by atoms with E-state index < -0.39 is 12.3 Å². The maximum atomic E-state index is 12.1. The van der Waals surface area contributed by atoms with Crippen molar-refractivity contribution < 1.29 is 23.0 Å². The standard InChI is InChI=1S/C18H35F3O2/c1-2-3-4-5-9-12-15-23-16-13-10-7-6-8-11-14-17(22)18(19,20)21/h17,22H,2-16H2,1H3. The molecule has 5 heteroatoms. The van der Waals surface area contributed by atoms with Crippen LogP contribution in [0, 0.1) is 0 Å². The minimum atomic E-state index is -4.46. The maximum Gasteiger partial charge on any atom is 0.414 e. The molecule has 0 spiro atoms. The van der Waals surface area contributed by atoms with Crippen molar-refractivity contribution in [2.24, 2.45) is 0 Å². The van der Waals surface area contributed by atoms with Crippen LogP contribution >= 0.6 is 0 Å². The van der Waals surface area contributed by atoms with Gasteiger partial charge in [-0.25, -0.2) is 0 Å². The van der Waals surface area contributed by atoms with Crippen molar-refractivity contribution in [1.29, 1.82) is 0 Å². The molecule has 2 nitrogen and oxygen atoms in total. The predicted octanol–water partition coefficient (Wildman–Crippen LogP) is 6.02. The Bertz CT molecular complexity index is 245. The van der Waals surface area contributed by atoms with Crippen molar-refractivity contribution >= 4 is 0 Å². The first kappa shape index (κ1) is 22.7. The Balaban J connectivity index is 3.11. The largest absolute Gasteiger partial charge is 0.414 e. The van der Waals surface area contributed by atoms with E-state index in [1.807, 2.05) is 0 Å². The van der Waals surface area contributed by atoms with Crippen LogP contribution < -0.4 is 0 Å². The van der Waals surface area contributed by atoms with Crippen LogP contribution in [0.4, 0.5) is 13.2 Å². The lowest BCUT2D eigenvalue weighted by Gasteiger charge is -2.13. The number of unbranched alkanes of at least 4 members (excludes halogenated alkanes) is 10. The van der Waals surface area contributed by atoms with Crippen molar-refractivity contribution in [2.45, 2.75) is 103 Å². The second-order valence-corrected chi connectivity index (χ2v) is 6.35. The van der Waals surface area contributed by atoms with Gasteiger partial charge in [-0.15, -0.1) is 0 Å². The molecule has 0 rings (SSSR count). The van der Waals surface area contributed by atoms with Gasteiger partial charge in [0.25, 0.3) is 0 Å². The molecular formula is C18H35F3O2. The Hall–Kier alpha value is -0.290. The number of aliphatic hydroxyl groups is 1. The first-order chi connectivity index (χ1) is 11.0. The first-order valence-corrected chi connectivity index (χ1v) is 9.31. The molecule has 0 aromatic rings. The Morgan fingerprint density at radius 2 is 1.17 bits per heavy atom. The fraction of sp³-hybridized carbons (Fsp3) is 1.00. The average molecular weight is 340 g/mol. The smallest absolute Gasteiger partial charge is 0.384 e. The zero-order valence-corrected chi connectivity index (χ0v) is 14.7. The lowest BCUT2D eigenvalue weighted by Crippen LogP contribution is -2.28. The third kappa shape index (κ3) is 16.4. The van der Waals surface area contributed by atoms with Crippen molar-refractivity contribution in [3.05, 3.63) is 0 Å². The molecule has 0 amide bonds. The molecule has 23 heavy (non-hydrogen) atoms. The number of rotatable bonds is 16. The number of hydrogen-bond donors (Lipinski definition) is 1. The lowest BCUT2D eigenvalue weighted by molar-refractivity contribution is -0.205. The van der Waals surface area contributed by atoms with E-state index in [2.05, 4.69) is 6.92 Å². The highest BCUT2D eigenvalue weighted by molar-refractivity contribution is 4.64. The van der Waals surface area contributed by atoms with E-state index in [-0.39, 0.29) is 6.42 Å². The van der Waals surface area contributed by atoms with Crippen molar-refractivity contribution in [2.75, 3.05) is 13.2 Å². The molecule has 1 atom stereocenters. The molecule has 0 aromatic carbocycles. The normalized spacial score (nSPS) is 13.4. The summed E-state index contributed by atoms with van der Waals surface area (Å²) < 4.78 is 41.8. The maximum absolute atomic E-state index is 12.1. The predicted molar refractivity (Wildman–Crippen MR) is 88.6 cm³/mol. The van der Waals surface area contributed by atoms with Crippen molar-refractivity contribution in [3.63, 3.8) is 0 Å². The second-order valence-electron chi connectivity index (χ2n) is 6.35. The highest BCUT2D eigenvalue weighted by Crippen LogP contribution is 2.24. The van der Waals surface area contributed by atoms with Crippen LogP contribution in [-0.4, -0.2) is 30.6 Å². The molecular weight excluding hydrogens is 305 g/mol. The third-order valence-corrected chi connectivity index (χ3v) is 4.04. The van der Waals surface area contributed by atoms with Gasteiger partial charge in [0.1, 0.15) is 6.10 Å². The van der Waals surface area contributed by atoms with Gasteiger partial charge >= 0.3 is 6.18 Å². The van der Waals surface area contributed by atoms with E-state index >= 15 is 0 Å². The van der Waals surface area contributed by atoms with E-state index in [0.717, 1.165) is 51.7 Å². The molecule has 0 aliphatic heterocycles. The Labute approximate surface area is 139 Å². The van der Waals surface area contributed by atoms with E-state index in [0.29, 0.717) is 6.42 Å². The molecule has 0 saturated carbocycles. The Morgan fingerprint density at radius 3 is 1.65 bits per heavy atom. The summed E-state index contributed by atoms with van der Waals surface area (Å²) in [7, 11) is 0. The van der Waals surface area contributed by atoms with Gasteiger partial charge in [0.05, 0.1) is 0 Å². The molecule has 140 valence electrons. The average Bonchev–Trinajstić information content (AvgIpc) is 2.50. The van der Waals surface area contributed by atoms with Gasteiger partial charge in [0, 0.05) is 13.2 Å². The second kappa shape index (κ2) is 15.3. The fourth-order valence-electron chi connectivity index (χ4n) is 2.50. The van der Waals surface area contributed by atoms with E-state index in [9.17, 15) is 13.2 Å². The van der Waals surface area contributed by atoms with Crippen molar-refractivity contribution in [1.82, 2.24) is 0 Å². The zero-order valence-electron chi connectivity index (χ0n) is 14.7. The van der Waals surface area contributed by atoms with Gasteiger partial charge in [-0.05, 0) is 19.3 Å². The molecule has 0 heterocycles. The molecule has 0 saturated heterocycles. The number of ether oxygens (including phenoxy) is 1.